The fourth-order valence-electron chi connectivity index (χ4n) is 2.20. The highest BCUT2D eigenvalue weighted by molar-refractivity contribution is 5.81. The van der Waals surface area contributed by atoms with Crippen LogP contribution in [0.5, 0.6) is 0 Å². The molecule has 1 amide bonds. The predicted molar refractivity (Wildman–Crippen MR) is 68.8 cm³/mol. The Hall–Kier alpha value is -1.69. The van der Waals surface area contributed by atoms with Crippen LogP contribution in [-0.2, 0) is 4.79 Å². The number of hydrogen-bond acceptors (Lipinski definition) is 3. The fraction of sp³-hybridized carbons (Fsp3) is 0.462. The lowest BCUT2D eigenvalue weighted by molar-refractivity contribution is -0.122. The van der Waals surface area contributed by atoms with Gasteiger partial charge in [-0.1, -0.05) is 6.07 Å². The molecule has 0 saturated carbocycles. The van der Waals surface area contributed by atoms with Crippen LogP contribution in [0.4, 0.5) is 14.5 Å². The Kier molecular flexibility index (Phi) is 3.99. The maximum absolute atomic E-state index is 13.6. The Balaban J connectivity index is 2.04. The van der Waals surface area contributed by atoms with Crippen LogP contribution in [0, 0.1) is 11.6 Å². The number of anilines is 1. The SMILES string of the molecule is C[C@@H](N)C(=O)NC1CCN(c2c(F)cccc2F)C1. The van der Waals surface area contributed by atoms with Crippen molar-refractivity contribution in [1.29, 1.82) is 0 Å². The summed E-state index contributed by atoms with van der Waals surface area (Å²) in [6.07, 6.45) is 0.645. The van der Waals surface area contributed by atoms with E-state index >= 15 is 0 Å². The zero-order valence-corrected chi connectivity index (χ0v) is 10.7. The quantitative estimate of drug-likeness (QED) is 0.861. The molecule has 104 valence electrons. The second-order valence-corrected chi connectivity index (χ2v) is 4.80. The lowest BCUT2D eigenvalue weighted by atomic mass is 10.2. The van der Waals surface area contributed by atoms with Crippen LogP contribution >= 0.6 is 0 Å². The number of hydrogen-bond donors (Lipinski definition) is 2. The van der Waals surface area contributed by atoms with Crippen molar-refractivity contribution in [3.63, 3.8) is 0 Å². The minimum absolute atomic E-state index is 0.0277. The zero-order valence-electron chi connectivity index (χ0n) is 10.7. The summed E-state index contributed by atoms with van der Waals surface area (Å²) in [6, 6.07) is 3.08. The van der Waals surface area contributed by atoms with Crippen molar-refractivity contribution >= 4 is 11.6 Å². The summed E-state index contributed by atoms with van der Waals surface area (Å²) >= 11 is 0. The number of benzene rings is 1. The van der Waals surface area contributed by atoms with Gasteiger partial charge in [-0.25, -0.2) is 8.78 Å². The monoisotopic (exact) mass is 269 g/mol. The Morgan fingerprint density at radius 1 is 1.47 bits per heavy atom. The smallest absolute Gasteiger partial charge is 0.236 e. The van der Waals surface area contributed by atoms with Gasteiger partial charge in [-0.05, 0) is 25.5 Å². The molecule has 0 spiro atoms. The minimum Gasteiger partial charge on any atom is -0.365 e. The van der Waals surface area contributed by atoms with E-state index in [1.807, 2.05) is 0 Å². The first kappa shape index (κ1) is 13.7. The third kappa shape index (κ3) is 3.01. The highest BCUT2D eigenvalue weighted by Crippen LogP contribution is 2.26. The van der Waals surface area contributed by atoms with Gasteiger partial charge in [-0.3, -0.25) is 4.79 Å². The molecule has 1 unspecified atom stereocenters. The van der Waals surface area contributed by atoms with Gasteiger partial charge in [0.25, 0.3) is 0 Å². The largest absolute Gasteiger partial charge is 0.365 e. The number of amides is 1. The first-order valence-corrected chi connectivity index (χ1v) is 6.24. The van der Waals surface area contributed by atoms with E-state index < -0.39 is 17.7 Å². The van der Waals surface area contributed by atoms with E-state index in [4.69, 9.17) is 5.73 Å². The molecule has 3 N–H and O–H groups in total. The maximum Gasteiger partial charge on any atom is 0.236 e. The highest BCUT2D eigenvalue weighted by atomic mass is 19.1. The third-order valence-corrected chi connectivity index (χ3v) is 3.20. The van der Waals surface area contributed by atoms with Crippen molar-refractivity contribution in [3.05, 3.63) is 29.8 Å². The molecule has 0 aromatic heterocycles. The molecule has 1 aliphatic rings. The van der Waals surface area contributed by atoms with E-state index in [1.54, 1.807) is 11.8 Å². The fourth-order valence-corrected chi connectivity index (χ4v) is 2.20. The molecule has 0 aliphatic carbocycles. The molecule has 6 heteroatoms. The van der Waals surface area contributed by atoms with Gasteiger partial charge in [0.1, 0.15) is 17.3 Å². The molecule has 1 aromatic rings. The molecule has 2 rings (SSSR count). The van der Waals surface area contributed by atoms with Crippen molar-refractivity contribution in [2.24, 2.45) is 5.73 Å². The standard InChI is InChI=1S/C13H17F2N3O/c1-8(16)13(19)17-9-5-6-18(7-9)12-10(14)3-2-4-11(12)15/h2-4,8-9H,5-7,16H2,1H3,(H,17,19)/t8-,9?/m1/s1. The summed E-state index contributed by atoms with van der Waals surface area (Å²) in [5.74, 6) is -1.42. The van der Waals surface area contributed by atoms with E-state index in [1.165, 1.54) is 18.2 Å². The molecular weight excluding hydrogens is 252 g/mol. The second kappa shape index (κ2) is 5.52. The molecule has 1 fully saturated rings. The number of carbonyl (C=O) groups excluding carboxylic acids is 1. The van der Waals surface area contributed by atoms with Crippen LogP contribution in [0.3, 0.4) is 0 Å². The summed E-state index contributed by atoms with van der Waals surface area (Å²) < 4.78 is 27.3. The number of nitrogens with one attached hydrogen (secondary N) is 1. The maximum atomic E-state index is 13.6. The highest BCUT2D eigenvalue weighted by Gasteiger charge is 2.28. The Morgan fingerprint density at radius 2 is 2.11 bits per heavy atom. The van der Waals surface area contributed by atoms with Crippen LogP contribution in [0.2, 0.25) is 0 Å². The van der Waals surface area contributed by atoms with Crippen LogP contribution < -0.4 is 16.0 Å². The topological polar surface area (TPSA) is 58.4 Å². The molecule has 0 bridgehead atoms. The summed E-state index contributed by atoms with van der Waals surface area (Å²) in [4.78, 5) is 13.1. The number of para-hydroxylation sites is 1. The predicted octanol–water partition coefficient (Wildman–Crippen LogP) is 1.01. The molecular formula is C13H17F2N3O. The van der Waals surface area contributed by atoms with Gasteiger partial charge < -0.3 is 16.0 Å². The van der Waals surface area contributed by atoms with Gasteiger partial charge in [0.15, 0.2) is 0 Å². The van der Waals surface area contributed by atoms with E-state index in [9.17, 15) is 13.6 Å². The number of carbonyl (C=O) groups is 1. The molecule has 19 heavy (non-hydrogen) atoms. The van der Waals surface area contributed by atoms with Crippen molar-refractivity contribution in [2.45, 2.75) is 25.4 Å². The number of halogens is 2. The first-order chi connectivity index (χ1) is 8.99. The second-order valence-electron chi connectivity index (χ2n) is 4.80. The van der Waals surface area contributed by atoms with Gasteiger partial charge in [-0.15, -0.1) is 0 Å². The minimum atomic E-state index is -0.584. The van der Waals surface area contributed by atoms with Gasteiger partial charge in [0.2, 0.25) is 5.91 Å². The van der Waals surface area contributed by atoms with Crippen LogP contribution in [0.15, 0.2) is 18.2 Å². The zero-order chi connectivity index (χ0) is 14.0. The summed E-state index contributed by atoms with van der Waals surface area (Å²) in [7, 11) is 0. The van der Waals surface area contributed by atoms with Gasteiger partial charge >= 0.3 is 0 Å². The number of rotatable bonds is 3. The summed E-state index contributed by atoms with van der Waals surface area (Å²) in [5.41, 5.74) is 5.43. The van der Waals surface area contributed by atoms with Crippen LogP contribution in [0.1, 0.15) is 13.3 Å². The van der Waals surface area contributed by atoms with Crippen LogP contribution in [0.25, 0.3) is 0 Å². The van der Waals surface area contributed by atoms with Crippen molar-refractivity contribution in [2.75, 3.05) is 18.0 Å². The lowest BCUT2D eigenvalue weighted by Gasteiger charge is -2.20. The van der Waals surface area contributed by atoms with Gasteiger partial charge in [0, 0.05) is 19.1 Å². The van der Waals surface area contributed by atoms with Gasteiger partial charge in [0.05, 0.1) is 6.04 Å². The van der Waals surface area contributed by atoms with E-state index in [-0.39, 0.29) is 17.6 Å². The van der Waals surface area contributed by atoms with E-state index in [2.05, 4.69) is 5.32 Å². The normalized spacial score (nSPS) is 20.4. The molecule has 2 atom stereocenters. The molecule has 1 heterocycles. The molecule has 1 aromatic carbocycles. The summed E-state index contributed by atoms with van der Waals surface area (Å²) in [6.45, 7) is 2.48. The number of nitrogens with two attached hydrogens (primary N) is 1. The van der Waals surface area contributed by atoms with E-state index in [0.717, 1.165) is 0 Å². The first-order valence-electron chi connectivity index (χ1n) is 6.24. The molecule has 1 aliphatic heterocycles. The molecule has 1 saturated heterocycles. The molecule has 0 radical (unpaired) electrons. The van der Waals surface area contributed by atoms with Crippen LogP contribution in [-0.4, -0.2) is 31.1 Å². The van der Waals surface area contributed by atoms with Crippen molar-refractivity contribution < 1.29 is 13.6 Å². The van der Waals surface area contributed by atoms with Crippen molar-refractivity contribution in [3.8, 4) is 0 Å². The third-order valence-electron chi connectivity index (χ3n) is 3.20. The lowest BCUT2D eigenvalue weighted by Crippen LogP contribution is -2.45. The van der Waals surface area contributed by atoms with E-state index in [0.29, 0.717) is 19.5 Å². The van der Waals surface area contributed by atoms with Crippen molar-refractivity contribution in [1.82, 2.24) is 5.32 Å². The Morgan fingerprint density at radius 3 is 2.68 bits per heavy atom. The average molecular weight is 269 g/mol. The summed E-state index contributed by atoms with van der Waals surface area (Å²) in [5, 5.41) is 2.77. The number of nitrogens with zero attached hydrogens (tertiary/aromatic N) is 1. The average Bonchev–Trinajstić information content (AvgIpc) is 2.77. The van der Waals surface area contributed by atoms with Gasteiger partial charge in [-0.2, -0.15) is 0 Å². The Bertz CT molecular complexity index is 459. The molecule has 4 nitrogen and oxygen atoms in total. The Labute approximate surface area is 110 Å².